The fraction of sp³-hybridized carbons (Fsp3) is 0.692. The molecule has 20 heavy (non-hydrogen) atoms. The molecule has 6 nitrogen and oxygen atoms in total. The molecule has 1 N–H and O–H groups in total. The lowest BCUT2D eigenvalue weighted by Gasteiger charge is -2.30. The standard InChI is InChI=1S/C13H23N3O3S/c1-11(2)14-10-12-4-5-13(19-12)20(17,18)16-8-6-15(3)7-9-16/h4-5,11,14H,6-10H2,1-3H3. The molecule has 0 amide bonds. The summed E-state index contributed by atoms with van der Waals surface area (Å²) in [6, 6.07) is 3.60. The second kappa shape index (κ2) is 6.26. The van der Waals surface area contributed by atoms with Crippen LogP contribution in [0.4, 0.5) is 0 Å². The highest BCUT2D eigenvalue weighted by Gasteiger charge is 2.30. The van der Waals surface area contributed by atoms with Crippen LogP contribution < -0.4 is 5.32 Å². The number of hydrogen-bond donors (Lipinski definition) is 1. The fourth-order valence-corrected chi connectivity index (χ4v) is 3.40. The molecule has 7 heteroatoms. The lowest BCUT2D eigenvalue weighted by Crippen LogP contribution is -2.46. The number of piperazine rings is 1. The highest BCUT2D eigenvalue weighted by molar-refractivity contribution is 7.89. The van der Waals surface area contributed by atoms with Crippen molar-refractivity contribution in [3.8, 4) is 0 Å². The minimum Gasteiger partial charge on any atom is -0.447 e. The maximum atomic E-state index is 12.4. The van der Waals surface area contributed by atoms with E-state index >= 15 is 0 Å². The van der Waals surface area contributed by atoms with Crippen molar-refractivity contribution in [3.05, 3.63) is 17.9 Å². The quantitative estimate of drug-likeness (QED) is 0.868. The highest BCUT2D eigenvalue weighted by atomic mass is 32.2. The summed E-state index contributed by atoms with van der Waals surface area (Å²) in [4.78, 5) is 2.12. The van der Waals surface area contributed by atoms with Gasteiger partial charge in [0.2, 0.25) is 5.09 Å². The van der Waals surface area contributed by atoms with Crippen LogP contribution in [0, 0.1) is 0 Å². The zero-order valence-corrected chi connectivity index (χ0v) is 13.1. The van der Waals surface area contributed by atoms with Gasteiger partial charge in [-0.15, -0.1) is 0 Å². The molecule has 0 saturated carbocycles. The van der Waals surface area contributed by atoms with Crippen molar-refractivity contribution in [3.63, 3.8) is 0 Å². The SMILES string of the molecule is CC(C)NCc1ccc(S(=O)(=O)N2CCN(C)CC2)o1. The summed E-state index contributed by atoms with van der Waals surface area (Å²) in [5.41, 5.74) is 0. The fourth-order valence-electron chi connectivity index (χ4n) is 2.05. The third-order valence-electron chi connectivity index (χ3n) is 3.38. The smallest absolute Gasteiger partial charge is 0.276 e. The van der Waals surface area contributed by atoms with E-state index in [4.69, 9.17) is 4.42 Å². The van der Waals surface area contributed by atoms with E-state index in [-0.39, 0.29) is 5.09 Å². The molecule has 1 aliphatic heterocycles. The van der Waals surface area contributed by atoms with Gasteiger partial charge in [-0.1, -0.05) is 13.8 Å². The van der Waals surface area contributed by atoms with E-state index in [1.54, 1.807) is 12.1 Å². The molecular weight excluding hydrogens is 278 g/mol. The third kappa shape index (κ3) is 3.60. The molecule has 114 valence electrons. The Morgan fingerprint density at radius 3 is 2.50 bits per heavy atom. The van der Waals surface area contributed by atoms with E-state index < -0.39 is 10.0 Å². The third-order valence-corrected chi connectivity index (χ3v) is 5.15. The zero-order valence-electron chi connectivity index (χ0n) is 12.3. The molecule has 0 aliphatic carbocycles. The Bertz CT molecular complexity index is 531. The molecule has 0 radical (unpaired) electrons. The van der Waals surface area contributed by atoms with Crippen molar-refractivity contribution in [1.29, 1.82) is 0 Å². The predicted molar refractivity (Wildman–Crippen MR) is 76.9 cm³/mol. The van der Waals surface area contributed by atoms with Gasteiger partial charge in [-0.05, 0) is 19.2 Å². The summed E-state index contributed by atoms with van der Waals surface area (Å²) in [7, 11) is -1.50. The Morgan fingerprint density at radius 2 is 1.90 bits per heavy atom. The summed E-state index contributed by atoms with van der Waals surface area (Å²) in [5.74, 6) is 0.645. The average Bonchev–Trinajstić information content (AvgIpc) is 2.86. The van der Waals surface area contributed by atoms with Crippen LogP contribution in [-0.2, 0) is 16.6 Å². The summed E-state index contributed by atoms with van der Waals surface area (Å²) in [6.07, 6.45) is 0. The van der Waals surface area contributed by atoms with Crippen molar-refractivity contribution in [1.82, 2.24) is 14.5 Å². The van der Waals surface area contributed by atoms with Gasteiger partial charge in [0.15, 0.2) is 0 Å². The maximum absolute atomic E-state index is 12.4. The zero-order chi connectivity index (χ0) is 14.8. The lowest BCUT2D eigenvalue weighted by molar-refractivity contribution is 0.219. The van der Waals surface area contributed by atoms with Crippen LogP contribution in [0.5, 0.6) is 0 Å². The predicted octanol–water partition coefficient (Wildman–Crippen LogP) is 0.714. The van der Waals surface area contributed by atoms with Crippen LogP contribution in [-0.4, -0.2) is 56.9 Å². The van der Waals surface area contributed by atoms with Crippen LogP contribution >= 0.6 is 0 Å². The van der Waals surface area contributed by atoms with Crippen molar-refractivity contribution in [2.24, 2.45) is 0 Å². The number of likely N-dealkylation sites (N-methyl/N-ethyl adjacent to an activating group) is 1. The second-order valence-corrected chi connectivity index (χ2v) is 7.33. The highest BCUT2D eigenvalue weighted by Crippen LogP contribution is 2.20. The normalized spacial score (nSPS) is 18.8. The Hall–Kier alpha value is -0.890. The second-order valence-electron chi connectivity index (χ2n) is 5.46. The van der Waals surface area contributed by atoms with Gasteiger partial charge >= 0.3 is 0 Å². The van der Waals surface area contributed by atoms with Gasteiger partial charge in [0.1, 0.15) is 5.76 Å². The van der Waals surface area contributed by atoms with Crippen molar-refractivity contribution in [2.45, 2.75) is 31.5 Å². The first-order valence-electron chi connectivity index (χ1n) is 6.90. The van der Waals surface area contributed by atoms with Gasteiger partial charge in [0, 0.05) is 32.2 Å². The summed E-state index contributed by atoms with van der Waals surface area (Å²) in [6.45, 7) is 7.13. The summed E-state index contributed by atoms with van der Waals surface area (Å²) >= 11 is 0. The van der Waals surface area contributed by atoms with Crippen LogP contribution in [0.1, 0.15) is 19.6 Å². The van der Waals surface area contributed by atoms with Crippen molar-refractivity contribution in [2.75, 3.05) is 33.2 Å². The summed E-state index contributed by atoms with van der Waals surface area (Å²) in [5, 5.41) is 3.25. The number of hydrogen-bond acceptors (Lipinski definition) is 5. The lowest BCUT2D eigenvalue weighted by atomic mass is 10.3. The molecule has 2 heterocycles. The molecular formula is C13H23N3O3S. The molecule has 2 rings (SSSR count). The number of sulfonamides is 1. The molecule has 0 bridgehead atoms. The van der Waals surface area contributed by atoms with Crippen molar-refractivity contribution >= 4 is 10.0 Å². The van der Waals surface area contributed by atoms with Gasteiger partial charge in [-0.3, -0.25) is 0 Å². The molecule has 1 aliphatic rings. The van der Waals surface area contributed by atoms with Gasteiger partial charge in [0.05, 0.1) is 6.54 Å². The first-order valence-corrected chi connectivity index (χ1v) is 8.34. The molecule has 0 aromatic carbocycles. The number of rotatable bonds is 5. The first kappa shape index (κ1) is 15.5. The van der Waals surface area contributed by atoms with Crippen LogP contribution in [0.2, 0.25) is 0 Å². The largest absolute Gasteiger partial charge is 0.447 e. The monoisotopic (exact) mass is 301 g/mol. The maximum Gasteiger partial charge on any atom is 0.276 e. The van der Waals surface area contributed by atoms with E-state index in [0.29, 0.717) is 31.4 Å². The van der Waals surface area contributed by atoms with Crippen LogP contribution in [0.25, 0.3) is 0 Å². The number of nitrogens with zero attached hydrogens (tertiary/aromatic N) is 2. The molecule has 1 fully saturated rings. The van der Waals surface area contributed by atoms with E-state index in [0.717, 1.165) is 13.1 Å². The minimum atomic E-state index is -3.49. The van der Waals surface area contributed by atoms with E-state index in [2.05, 4.69) is 10.2 Å². The Morgan fingerprint density at radius 1 is 1.25 bits per heavy atom. The molecule has 1 saturated heterocycles. The van der Waals surface area contributed by atoms with Crippen LogP contribution in [0.3, 0.4) is 0 Å². The summed E-state index contributed by atoms with van der Waals surface area (Å²) < 4.78 is 31.8. The van der Waals surface area contributed by atoms with E-state index in [1.807, 2.05) is 20.9 Å². The molecule has 0 unspecified atom stereocenters. The molecule has 0 atom stereocenters. The van der Waals surface area contributed by atoms with Gasteiger partial charge in [-0.2, -0.15) is 4.31 Å². The molecule has 1 aromatic heterocycles. The molecule has 0 spiro atoms. The Labute approximate surface area is 120 Å². The number of furan rings is 1. The van der Waals surface area contributed by atoms with Gasteiger partial charge in [-0.25, -0.2) is 8.42 Å². The topological polar surface area (TPSA) is 65.8 Å². The average molecular weight is 301 g/mol. The van der Waals surface area contributed by atoms with E-state index in [9.17, 15) is 8.42 Å². The van der Waals surface area contributed by atoms with E-state index in [1.165, 1.54) is 4.31 Å². The molecule has 1 aromatic rings. The van der Waals surface area contributed by atoms with Crippen molar-refractivity contribution < 1.29 is 12.8 Å². The van der Waals surface area contributed by atoms with Gasteiger partial charge < -0.3 is 14.6 Å². The van der Waals surface area contributed by atoms with Gasteiger partial charge in [0.25, 0.3) is 10.0 Å². The number of nitrogens with one attached hydrogen (secondary N) is 1. The Kier molecular flexibility index (Phi) is 4.85. The first-order chi connectivity index (χ1) is 9.39. The minimum absolute atomic E-state index is 0.0441. The van der Waals surface area contributed by atoms with Crippen LogP contribution in [0.15, 0.2) is 21.6 Å². The Balaban J connectivity index is 2.06.